The van der Waals surface area contributed by atoms with Gasteiger partial charge in [-0.2, -0.15) is 5.10 Å². The third kappa shape index (κ3) is 3.82. The van der Waals surface area contributed by atoms with Crippen LogP contribution in [0.2, 0.25) is 0 Å². The summed E-state index contributed by atoms with van der Waals surface area (Å²) in [5.74, 6) is 2.96. The quantitative estimate of drug-likeness (QED) is 0.736. The van der Waals surface area contributed by atoms with Crippen LogP contribution in [0, 0.1) is 0 Å². The number of benzene rings is 1. The maximum absolute atomic E-state index is 5.50. The predicted octanol–water partition coefficient (Wildman–Crippen LogP) is 1.68. The van der Waals surface area contributed by atoms with Gasteiger partial charge in [-0.25, -0.2) is 4.98 Å². The SMILES string of the molecule is COc1ccc(/C=N\N2CCN(c3cccc[nH+]3)CC2)c(OC)c1OC. The molecule has 138 valence electrons. The number of H-pyrrole nitrogens is 1. The predicted molar refractivity (Wildman–Crippen MR) is 100 cm³/mol. The van der Waals surface area contributed by atoms with Gasteiger partial charge in [-0.05, 0) is 18.2 Å². The normalized spacial score (nSPS) is 14.6. The van der Waals surface area contributed by atoms with E-state index in [2.05, 4.69) is 26.1 Å². The number of anilines is 1. The Morgan fingerprint density at radius 2 is 1.69 bits per heavy atom. The van der Waals surface area contributed by atoms with Gasteiger partial charge in [0, 0.05) is 11.6 Å². The molecule has 0 saturated carbocycles. The third-order valence-corrected chi connectivity index (χ3v) is 4.38. The molecule has 7 nitrogen and oxygen atoms in total. The Morgan fingerprint density at radius 1 is 0.923 bits per heavy atom. The Morgan fingerprint density at radius 3 is 2.31 bits per heavy atom. The van der Waals surface area contributed by atoms with Gasteiger partial charge in [0.1, 0.15) is 13.1 Å². The number of rotatable bonds is 6. The summed E-state index contributed by atoms with van der Waals surface area (Å²) in [6.07, 6.45) is 3.76. The van der Waals surface area contributed by atoms with Gasteiger partial charge in [0.25, 0.3) is 5.82 Å². The van der Waals surface area contributed by atoms with Crippen molar-refractivity contribution in [3.05, 3.63) is 42.1 Å². The van der Waals surface area contributed by atoms with Crippen molar-refractivity contribution in [1.82, 2.24) is 5.01 Å². The molecular weight excluding hydrogens is 332 g/mol. The van der Waals surface area contributed by atoms with E-state index in [1.165, 1.54) is 0 Å². The fraction of sp³-hybridized carbons (Fsp3) is 0.368. The zero-order valence-electron chi connectivity index (χ0n) is 15.4. The number of aromatic nitrogens is 1. The molecule has 0 spiro atoms. The highest BCUT2D eigenvalue weighted by atomic mass is 16.5. The second kappa shape index (κ2) is 8.42. The molecule has 1 fully saturated rings. The van der Waals surface area contributed by atoms with Crippen LogP contribution in [0.4, 0.5) is 5.82 Å². The monoisotopic (exact) mass is 357 g/mol. The zero-order chi connectivity index (χ0) is 18.4. The van der Waals surface area contributed by atoms with E-state index in [0.29, 0.717) is 17.2 Å². The zero-order valence-corrected chi connectivity index (χ0v) is 15.4. The van der Waals surface area contributed by atoms with Crippen molar-refractivity contribution in [1.29, 1.82) is 0 Å². The van der Waals surface area contributed by atoms with Crippen molar-refractivity contribution in [3.8, 4) is 17.2 Å². The van der Waals surface area contributed by atoms with Crippen LogP contribution in [0.5, 0.6) is 17.2 Å². The molecule has 2 heterocycles. The lowest BCUT2D eigenvalue weighted by Crippen LogP contribution is -2.45. The Bertz CT molecular complexity index is 744. The molecule has 26 heavy (non-hydrogen) atoms. The van der Waals surface area contributed by atoms with Crippen LogP contribution in [0.25, 0.3) is 0 Å². The van der Waals surface area contributed by atoms with Crippen LogP contribution in [-0.4, -0.2) is 58.7 Å². The average Bonchev–Trinajstić information content (AvgIpc) is 2.72. The van der Waals surface area contributed by atoms with Crippen molar-refractivity contribution >= 4 is 12.0 Å². The van der Waals surface area contributed by atoms with Crippen LogP contribution in [0.3, 0.4) is 0 Å². The summed E-state index contributed by atoms with van der Waals surface area (Å²) in [6.45, 7) is 3.55. The summed E-state index contributed by atoms with van der Waals surface area (Å²) in [7, 11) is 4.82. The van der Waals surface area contributed by atoms with Gasteiger partial charge < -0.3 is 14.2 Å². The maximum Gasteiger partial charge on any atom is 0.274 e. The molecule has 0 amide bonds. The van der Waals surface area contributed by atoms with E-state index in [0.717, 1.165) is 37.6 Å². The smallest absolute Gasteiger partial charge is 0.274 e. The molecule has 2 aromatic rings. The lowest BCUT2D eigenvalue weighted by Gasteiger charge is -2.28. The number of hydrazone groups is 1. The highest BCUT2D eigenvalue weighted by Gasteiger charge is 2.22. The van der Waals surface area contributed by atoms with E-state index in [1.54, 1.807) is 21.3 Å². The van der Waals surface area contributed by atoms with E-state index in [-0.39, 0.29) is 0 Å². The van der Waals surface area contributed by atoms with Gasteiger partial charge in [0.05, 0.1) is 46.8 Å². The largest absolute Gasteiger partial charge is 0.493 e. The summed E-state index contributed by atoms with van der Waals surface area (Å²) >= 11 is 0. The van der Waals surface area contributed by atoms with Crippen molar-refractivity contribution in [3.63, 3.8) is 0 Å². The lowest BCUT2D eigenvalue weighted by molar-refractivity contribution is -0.364. The number of pyridine rings is 1. The van der Waals surface area contributed by atoms with Crippen molar-refractivity contribution in [2.45, 2.75) is 0 Å². The fourth-order valence-corrected chi connectivity index (χ4v) is 3.00. The Kier molecular flexibility index (Phi) is 5.78. The minimum Gasteiger partial charge on any atom is -0.493 e. The minimum absolute atomic E-state index is 0.573. The Balaban J connectivity index is 1.68. The molecule has 0 unspecified atom stereocenters. The summed E-state index contributed by atoms with van der Waals surface area (Å²) in [5, 5.41) is 6.68. The minimum atomic E-state index is 0.573. The van der Waals surface area contributed by atoms with E-state index < -0.39 is 0 Å². The Labute approximate surface area is 153 Å². The van der Waals surface area contributed by atoms with Crippen molar-refractivity contribution in [2.24, 2.45) is 5.10 Å². The third-order valence-electron chi connectivity index (χ3n) is 4.38. The number of ether oxygens (including phenoxy) is 3. The molecule has 0 bridgehead atoms. The lowest BCUT2D eigenvalue weighted by atomic mass is 10.2. The highest BCUT2D eigenvalue weighted by Crippen LogP contribution is 2.39. The first kappa shape index (κ1) is 17.8. The molecule has 0 aliphatic carbocycles. The highest BCUT2D eigenvalue weighted by molar-refractivity contribution is 5.86. The number of nitrogens with zero attached hydrogens (tertiary/aromatic N) is 3. The second-order valence-corrected chi connectivity index (χ2v) is 5.86. The molecule has 0 radical (unpaired) electrons. The molecule has 1 N–H and O–H groups in total. The number of nitrogens with one attached hydrogen (secondary N) is 1. The summed E-state index contributed by atoms with van der Waals surface area (Å²) in [5.41, 5.74) is 0.851. The van der Waals surface area contributed by atoms with E-state index >= 15 is 0 Å². The number of piperazine rings is 1. The molecule has 3 rings (SSSR count). The van der Waals surface area contributed by atoms with E-state index in [1.807, 2.05) is 36.7 Å². The molecular formula is C19H25N4O3+. The Hall–Kier alpha value is -2.96. The van der Waals surface area contributed by atoms with Crippen LogP contribution >= 0.6 is 0 Å². The van der Waals surface area contributed by atoms with E-state index in [9.17, 15) is 0 Å². The van der Waals surface area contributed by atoms with Crippen LogP contribution < -0.4 is 24.1 Å². The van der Waals surface area contributed by atoms with Crippen LogP contribution in [0.1, 0.15) is 5.56 Å². The van der Waals surface area contributed by atoms with Gasteiger partial charge in [0.15, 0.2) is 11.5 Å². The molecule has 0 atom stereocenters. The average molecular weight is 357 g/mol. The first-order chi connectivity index (χ1) is 12.8. The topological polar surface area (TPSA) is 60.7 Å². The van der Waals surface area contributed by atoms with Crippen LogP contribution in [0.15, 0.2) is 41.6 Å². The summed E-state index contributed by atoms with van der Waals surface area (Å²) in [4.78, 5) is 5.60. The van der Waals surface area contributed by atoms with Gasteiger partial charge in [-0.3, -0.25) is 9.91 Å². The summed E-state index contributed by atoms with van der Waals surface area (Å²) in [6, 6.07) is 9.89. The van der Waals surface area contributed by atoms with E-state index in [4.69, 9.17) is 14.2 Å². The molecule has 1 aromatic carbocycles. The number of hydrogen-bond donors (Lipinski definition) is 0. The summed E-state index contributed by atoms with van der Waals surface area (Å²) < 4.78 is 16.2. The number of aromatic amines is 1. The second-order valence-electron chi connectivity index (χ2n) is 5.86. The van der Waals surface area contributed by atoms with Crippen molar-refractivity contribution in [2.75, 3.05) is 52.4 Å². The van der Waals surface area contributed by atoms with Crippen LogP contribution in [-0.2, 0) is 0 Å². The molecule has 1 aliphatic heterocycles. The van der Waals surface area contributed by atoms with Crippen molar-refractivity contribution < 1.29 is 19.2 Å². The van der Waals surface area contributed by atoms with Gasteiger partial charge in [-0.1, -0.05) is 6.07 Å². The van der Waals surface area contributed by atoms with Gasteiger partial charge in [0.2, 0.25) is 5.75 Å². The fourth-order valence-electron chi connectivity index (χ4n) is 3.00. The number of hydrogen-bond acceptors (Lipinski definition) is 6. The first-order valence-corrected chi connectivity index (χ1v) is 8.56. The molecule has 1 aliphatic rings. The maximum atomic E-state index is 5.50. The first-order valence-electron chi connectivity index (χ1n) is 8.56. The standard InChI is InChI=1S/C19H24N4O3/c1-24-16-8-7-15(18(25-2)19(16)26-3)14-21-23-12-10-22(11-13-23)17-6-4-5-9-20-17/h4-9,14H,10-13H2,1-3H3/p+1/b21-14-. The van der Waals surface area contributed by atoms with Gasteiger partial charge in [-0.15, -0.1) is 0 Å². The number of methoxy groups -OCH3 is 3. The van der Waals surface area contributed by atoms with Gasteiger partial charge >= 0.3 is 0 Å². The molecule has 1 aromatic heterocycles. The molecule has 1 saturated heterocycles. The molecule has 7 heteroatoms.